The van der Waals surface area contributed by atoms with E-state index in [4.69, 9.17) is 21.6 Å². The number of benzene rings is 2. The highest BCUT2D eigenvalue weighted by Gasteiger charge is 2.12. The van der Waals surface area contributed by atoms with Gasteiger partial charge in [-0.05, 0) is 40.2 Å². The Balaban J connectivity index is 2.36. The summed E-state index contributed by atoms with van der Waals surface area (Å²) in [6, 6.07) is 10.7. The van der Waals surface area contributed by atoms with E-state index >= 15 is 0 Å². The van der Waals surface area contributed by atoms with Gasteiger partial charge in [-0.25, -0.2) is 0 Å². The number of halogens is 2. The lowest BCUT2D eigenvalue weighted by Gasteiger charge is -2.09. The number of non-ortho nitro benzene ring substituents is 1. The Morgan fingerprint density at radius 2 is 1.95 bits per heavy atom. The van der Waals surface area contributed by atoms with Gasteiger partial charge in [-0.2, -0.15) is 5.26 Å². The van der Waals surface area contributed by atoms with Crippen molar-refractivity contribution in [3.63, 3.8) is 0 Å². The molecule has 0 bridgehead atoms. The molecule has 20 heavy (non-hydrogen) atoms. The number of rotatable bonds is 3. The Hall–Kier alpha value is -2.10. The summed E-state index contributed by atoms with van der Waals surface area (Å²) in [5.41, 5.74) is 0.226. The van der Waals surface area contributed by atoms with Crippen LogP contribution in [0.2, 0.25) is 5.02 Å². The minimum absolute atomic E-state index is 0.0548. The van der Waals surface area contributed by atoms with Crippen molar-refractivity contribution in [2.24, 2.45) is 0 Å². The topological polar surface area (TPSA) is 76.2 Å². The molecule has 0 aliphatic carbocycles. The van der Waals surface area contributed by atoms with Crippen LogP contribution in [-0.4, -0.2) is 4.92 Å². The van der Waals surface area contributed by atoms with Crippen LogP contribution >= 0.6 is 27.5 Å². The zero-order valence-corrected chi connectivity index (χ0v) is 12.2. The van der Waals surface area contributed by atoms with E-state index in [0.29, 0.717) is 21.0 Å². The van der Waals surface area contributed by atoms with Crippen LogP contribution in [0, 0.1) is 21.4 Å². The second kappa shape index (κ2) is 5.90. The zero-order valence-electron chi connectivity index (χ0n) is 9.84. The molecule has 0 aliphatic rings. The van der Waals surface area contributed by atoms with Gasteiger partial charge in [0.1, 0.15) is 17.6 Å². The average molecular weight is 354 g/mol. The van der Waals surface area contributed by atoms with E-state index < -0.39 is 4.92 Å². The van der Waals surface area contributed by atoms with E-state index in [9.17, 15) is 10.1 Å². The fourth-order valence-electron chi connectivity index (χ4n) is 1.48. The molecule has 0 N–H and O–H groups in total. The first-order valence-corrected chi connectivity index (χ1v) is 6.50. The lowest BCUT2D eigenvalue weighted by Crippen LogP contribution is -1.92. The van der Waals surface area contributed by atoms with Crippen molar-refractivity contribution in [2.75, 3.05) is 0 Å². The first kappa shape index (κ1) is 14.3. The van der Waals surface area contributed by atoms with Crippen molar-refractivity contribution >= 4 is 33.2 Å². The molecular weight excluding hydrogens is 348 g/mol. The molecule has 0 saturated carbocycles. The Morgan fingerprint density at radius 3 is 2.55 bits per heavy atom. The predicted molar refractivity (Wildman–Crippen MR) is 77.0 cm³/mol. The van der Waals surface area contributed by atoms with Crippen molar-refractivity contribution in [3.8, 4) is 17.6 Å². The molecule has 2 aromatic carbocycles. The summed E-state index contributed by atoms with van der Waals surface area (Å²) in [5, 5.41) is 20.1. The Morgan fingerprint density at radius 1 is 1.25 bits per heavy atom. The number of ether oxygens (including phenoxy) is 1. The molecule has 0 radical (unpaired) electrons. The molecular formula is C13H6BrClN2O3. The van der Waals surface area contributed by atoms with Crippen LogP contribution in [0.25, 0.3) is 0 Å². The van der Waals surface area contributed by atoms with Gasteiger partial charge in [0, 0.05) is 17.2 Å². The molecule has 0 atom stereocenters. The summed E-state index contributed by atoms with van der Waals surface area (Å²) < 4.78 is 5.99. The van der Waals surface area contributed by atoms with Gasteiger partial charge in [-0.15, -0.1) is 0 Å². The summed E-state index contributed by atoms with van der Waals surface area (Å²) in [6.45, 7) is 0. The lowest BCUT2D eigenvalue weighted by molar-refractivity contribution is -0.384. The van der Waals surface area contributed by atoms with E-state index in [2.05, 4.69) is 15.9 Å². The van der Waals surface area contributed by atoms with Gasteiger partial charge in [0.2, 0.25) is 0 Å². The van der Waals surface area contributed by atoms with Crippen LogP contribution in [0.3, 0.4) is 0 Å². The number of nitriles is 1. The fraction of sp³-hybridized carbons (Fsp3) is 0. The summed E-state index contributed by atoms with van der Waals surface area (Å²) in [6.07, 6.45) is 0. The van der Waals surface area contributed by atoms with E-state index in [1.165, 1.54) is 24.3 Å². The largest absolute Gasteiger partial charge is 0.455 e. The third kappa shape index (κ3) is 3.07. The molecule has 5 nitrogen and oxygen atoms in total. The second-order valence-electron chi connectivity index (χ2n) is 3.73. The molecule has 100 valence electrons. The lowest BCUT2D eigenvalue weighted by atomic mass is 10.2. The molecule has 0 aliphatic heterocycles. The average Bonchev–Trinajstić information content (AvgIpc) is 2.42. The molecule has 7 heteroatoms. The summed E-state index contributed by atoms with van der Waals surface area (Å²) >= 11 is 8.99. The minimum Gasteiger partial charge on any atom is -0.455 e. The van der Waals surface area contributed by atoms with Crippen molar-refractivity contribution < 1.29 is 9.66 Å². The van der Waals surface area contributed by atoms with Crippen molar-refractivity contribution in [3.05, 3.63) is 61.6 Å². The summed E-state index contributed by atoms with van der Waals surface area (Å²) in [5.74, 6) is 0.695. The number of nitro benzene ring substituents is 1. The SMILES string of the molecule is N#Cc1cc(Cl)ccc1Oc1ccc([N+](=O)[O-])cc1Br. The monoisotopic (exact) mass is 352 g/mol. The van der Waals surface area contributed by atoms with Gasteiger partial charge in [-0.1, -0.05) is 11.6 Å². The molecule has 2 rings (SSSR count). The maximum absolute atomic E-state index is 10.6. The fourth-order valence-corrected chi connectivity index (χ4v) is 2.10. The van der Waals surface area contributed by atoms with E-state index in [1.54, 1.807) is 12.1 Å². The zero-order chi connectivity index (χ0) is 14.7. The summed E-state index contributed by atoms with van der Waals surface area (Å²) in [4.78, 5) is 10.1. The van der Waals surface area contributed by atoms with Gasteiger partial charge < -0.3 is 4.74 Å². The van der Waals surface area contributed by atoms with Crippen LogP contribution in [0.1, 0.15) is 5.56 Å². The molecule has 0 aromatic heterocycles. The summed E-state index contributed by atoms with van der Waals surface area (Å²) in [7, 11) is 0. The van der Waals surface area contributed by atoms with Crippen LogP contribution in [0.15, 0.2) is 40.9 Å². The van der Waals surface area contributed by atoms with Gasteiger partial charge >= 0.3 is 0 Å². The van der Waals surface area contributed by atoms with E-state index in [-0.39, 0.29) is 11.3 Å². The van der Waals surface area contributed by atoms with Crippen LogP contribution in [0.4, 0.5) is 5.69 Å². The highest BCUT2D eigenvalue weighted by atomic mass is 79.9. The van der Waals surface area contributed by atoms with E-state index in [0.717, 1.165) is 0 Å². The molecule has 2 aromatic rings. The van der Waals surface area contributed by atoms with Crippen LogP contribution < -0.4 is 4.74 Å². The quantitative estimate of drug-likeness (QED) is 0.593. The van der Waals surface area contributed by atoms with Crippen molar-refractivity contribution in [1.29, 1.82) is 5.26 Å². The number of nitrogens with zero attached hydrogens (tertiary/aromatic N) is 2. The first-order valence-electron chi connectivity index (χ1n) is 5.32. The highest BCUT2D eigenvalue weighted by Crippen LogP contribution is 2.34. The van der Waals surface area contributed by atoms with Crippen molar-refractivity contribution in [2.45, 2.75) is 0 Å². The Labute approximate surface area is 127 Å². The number of hydrogen-bond acceptors (Lipinski definition) is 4. The van der Waals surface area contributed by atoms with Crippen LogP contribution in [-0.2, 0) is 0 Å². The maximum atomic E-state index is 10.6. The smallest absolute Gasteiger partial charge is 0.270 e. The Kier molecular flexibility index (Phi) is 4.23. The molecule has 0 unspecified atom stereocenters. The molecule has 0 saturated heterocycles. The third-order valence-corrected chi connectivity index (χ3v) is 3.26. The van der Waals surface area contributed by atoms with Gasteiger partial charge in [0.05, 0.1) is 15.0 Å². The number of hydrogen-bond donors (Lipinski definition) is 0. The predicted octanol–water partition coefficient (Wildman–Crippen LogP) is 4.67. The van der Waals surface area contributed by atoms with Gasteiger partial charge in [-0.3, -0.25) is 10.1 Å². The number of nitro groups is 1. The van der Waals surface area contributed by atoms with Crippen LogP contribution in [0.5, 0.6) is 11.5 Å². The molecule has 0 heterocycles. The minimum atomic E-state index is -0.502. The Bertz CT molecular complexity index is 728. The molecule has 0 amide bonds. The van der Waals surface area contributed by atoms with Gasteiger partial charge in [0.15, 0.2) is 0 Å². The van der Waals surface area contributed by atoms with E-state index in [1.807, 2.05) is 6.07 Å². The first-order chi connectivity index (χ1) is 9.51. The normalized spacial score (nSPS) is 9.85. The maximum Gasteiger partial charge on any atom is 0.270 e. The second-order valence-corrected chi connectivity index (χ2v) is 5.02. The third-order valence-electron chi connectivity index (χ3n) is 2.41. The molecule has 0 fully saturated rings. The van der Waals surface area contributed by atoms with Crippen molar-refractivity contribution in [1.82, 2.24) is 0 Å². The molecule has 0 spiro atoms. The van der Waals surface area contributed by atoms with Gasteiger partial charge in [0.25, 0.3) is 5.69 Å². The highest BCUT2D eigenvalue weighted by molar-refractivity contribution is 9.10. The standard InChI is InChI=1S/C13H6BrClN2O3/c14-11-6-10(17(18)19)2-4-13(11)20-12-3-1-9(15)5-8(12)7-16/h1-6H.